The maximum atomic E-state index is 13.2. The maximum Gasteiger partial charge on any atom is 0.416 e. The zero-order valence-electron chi connectivity index (χ0n) is 15.1. The number of carbonyl (C=O) groups excluding carboxylic acids is 1. The van der Waals surface area contributed by atoms with Crippen molar-refractivity contribution in [1.29, 1.82) is 0 Å². The maximum absolute atomic E-state index is 13.2. The van der Waals surface area contributed by atoms with Crippen LogP contribution < -0.4 is 4.72 Å². The molecule has 0 saturated carbocycles. The highest BCUT2D eigenvalue weighted by Gasteiger charge is 2.30. The summed E-state index contributed by atoms with van der Waals surface area (Å²) in [7, 11) is -2.71. The Morgan fingerprint density at radius 1 is 1.03 bits per heavy atom. The molecule has 0 aromatic heterocycles. The van der Waals surface area contributed by atoms with Crippen LogP contribution in [0.1, 0.15) is 17.5 Å². The Morgan fingerprint density at radius 2 is 1.66 bits per heavy atom. The normalized spacial score (nSPS) is 12.1. The predicted molar refractivity (Wildman–Crippen MR) is 94.1 cm³/mol. The molecule has 0 radical (unpaired) electrons. The number of nitrogens with zero attached hydrogens (tertiary/aromatic N) is 1. The Hall–Kier alpha value is -2.53. The Labute approximate surface area is 164 Å². The van der Waals surface area contributed by atoms with E-state index < -0.39 is 44.2 Å². The molecule has 0 unspecified atom stereocenters. The number of alkyl halides is 3. The van der Waals surface area contributed by atoms with Crippen molar-refractivity contribution in [2.45, 2.75) is 24.0 Å². The molecule has 0 heterocycles. The third kappa shape index (κ3) is 6.23. The van der Waals surface area contributed by atoms with Crippen LogP contribution in [0.25, 0.3) is 0 Å². The highest BCUT2D eigenvalue weighted by molar-refractivity contribution is 7.89. The quantitative estimate of drug-likeness (QED) is 0.678. The average molecular weight is 436 g/mol. The summed E-state index contributed by atoms with van der Waals surface area (Å²) in [6, 6.07) is 6.40. The van der Waals surface area contributed by atoms with Gasteiger partial charge in [0.1, 0.15) is 0 Å². The van der Waals surface area contributed by atoms with Gasteiger partial charge in [0, 0.05) is 26.6 Å². The molecule has 2 aromatic rings. The van der Waals surface area contributed by atoms with E-state index in [1.54, 1.807) is 0 Å². The molecular formula is C18H17F5N2O3S. The summed E-state index contributed by atoms with van der Waals surface area (Å²) in [5.74, 6) is -2.97. The van der Waals surface area contributed by atoms with Gasteiger partial charge in [-0.3, -0.25) is 4.79 Å². The van der Waals surface area contributed by atoms with Crippen molar-refractivity contribution in [3.63, 3.8) is 0 Å². The minimum absolute atomic E-state index is 0.0346. The largest absolute Gasteiger partial charge is 0.416 e. The highest BCUT2D eigenvalue weighted by Crippen LogP contribution is 2.29. The van der Waals surface area contributed by atoms with Crippen LogP contribution in [-0.2, 0) is 27.5 Å². The van der Waals surface area contributed by atoms with Gasteiger partial charge < -0.3 is 4.90 Å². The van der Waals surface area contributed by atoms with Gasteiger partial charge in [-0.15, -0.1) is 0 Å². The molecule has 158 valence electrons. The molecule has 0 aliphatic heterocycles. The molecule has 1 amide bonds. The second kappa shape index (κ2) is 8.87. The predicted octanol–water partition coefficient (Wildman–Crippen LogP) is 3.31. The van der Waals surface area contributed by atoms with Gasteiger partial charge in [0.05, 0.1) is 10.5 Å². The molecule has 0 bridgehead atoms. The molecule has 0 aliphatic rings. The standard InChI is InChI=1S/C18H17F5N2O3S/c1-25(11-12-2-4-13(5-3-12)18(21,22)23)17(26)8-9-24-29(27,28)14-6-7-15(19)16(20)10-14/h2-7,10,24H,8-9,11H2,1H3. The van der Waals surface area contributed by atoms with Gasteiger partial charge in [0.25, 0.3) is 0 Å². The van der Waals surface area contributed by atoms with Crippen molar-refractivity contribution in [2.75, 3.05) is 13.6 Å². The smallest absolute Gasteiger partial charge is 0.341 e. The molecule has 0 aliphatic carbocycles. The van der Waals surface area contributed by atoms with E-state index in [-0.39, 0.29) is 19.5 Å². The van der Waals surface area contributed by atoms with E-state index in [1.165, 1.54) is 24.1 Å². The number of hydrogen-bond donors (Lipinski definition) is 1. The monoisotopic (exact) mass is 436 g/mol. The zero-order chi connectivity index (χ0) is 21.8. The summed E-state index contributed by atoms with van der Waals surface area (Å²) < 4.78 is 89.9. The van der Waals surface area contributed by atoms with Crippen molar-refractivity contribution in [1.82, 2.24) is 9.62 Å². The first-order valence-electron chi connectivity index (χ1n) is 8.25. The van der Waals surface area contributed by atoms with E-state index in [0.29, 0.717) is 17.7 Å². The molecule has 2 rings (SSSR count). The zero-order valence-corrected chi connectivity index (χ0v) is 15.9. The van der Waals surface area contributed by atoms with E-state index in [1.807, 2.05) is 0 Å². The molecular weight excluding hydrogens is 419 g/mol. The number of benzene rings is 2. The van der Waals surface area contributed by atoms with Crippen LogP contribution in [0.3, 0.4) is 0 Å². The van der Waals surface area contributed by atoms with Gasteiger partial charge in [-0.1, -0.05) is 12.1 Å². The topological polar surface area (TPSA) is 66.5 Å². The van der Waals surface area contributed by atoms with E-state index in [9.17, 15) is 35.2 Å². The highest BCUT2D eigenvalue weighted by atomic mass is 32.2. The first-order chi connectivity index (χ1) is 13.4. The number of amides is 1. The van der Waals surface area contributed by atoms with Gasteiger partial charge in [-0.05, 0) is 35.9 Å². The Balaban J connectivity index is 1.89. The van der Waals surface area contributed by atoms with Crippen molar-refractivity contribution in [3.05, 3.63) is 65.2 Å². The Morgan fingerprint density at radius 3 is 2.21 bits per heavy atom. The first-order valence-corrected chi connectivity index (χ1v) is 9.73. The van der Waals surface area contributed by atoms with E-state index in [0.717, 1.165) is 18.2 Å². The third-order valence-electron chi connectivity index (χ3n) is 3.96. The van der Waals surface area contributed by atoms with Crippen LogP contribution in [0.2, 0.25) is 0 Å². The summed E-state index contributed by atoms with van der Waals surface area (Å²) >= 11 is 0. The van der Waals surface area contributed by atoms with E-state index in [4.69, 9.17) is 0 Å². The number of sulfonamides is 1. The molecule has 1 N–H and O–H groups in total. The summed E-state index contributed by atoms with van der Waals surface area (Å²) in [4.78, 5) is 12.8. The van der Waals surface area contributed by atoms with Crippen LogP contribution in [0, 0.1) is 11.6 Å². The molecule has 29 heavy (non-hydrogen) atoms. The lowest BCUT2D eigenvalue weighted by Crippen LogP contribution is -2.32. The van der Waals surface area contributed by atoms with Gasteiger partial charge in [-0.2, -0.15) is 13.2 Å². The Bertz CT molecular complexity index is 976. The summed E-state index contributed by atoms with van der Waals surface area (Å²) in [5.41, 5.74) is -0.335. The van der Waals surface area contributed by atoms with Crippen LogP contribution >= 0.6 is 0 Å². The number of carbonyl (C=O) groups is 1. The molecule has 0 fully saturated rings. The van der Waals surface area contributed by atoms with Gasteiger partial charge in [-0.25, -0.2) is 21.9 Å². The lowest BCUT2D eigenvalue weighted by molar-refractivity contribution is -0.137. The molecule has 0 saturated heterocycles. The van der Waals surface area contributed by atoms with Crippen LogP contribution in [0.5, 0.6) is 0 Å². The average Bonchev–Trinajstić information content (AvgIpc) is 2.63. The van der Waals surface area contributed by atoms with Crippen molar-refractivity contribution >= 4 is 15.9 Å². The molecule has 5 nitrogen and oxygen atoms in total. The second-order valence-electron chi connectivity index (χ2n) is 6.17. The van der Waals surface area contributed by atoms with Gasteiger partial charge in [0.15, 0.2) is 11.6 Å². The Kier molecular flexibility index (Phi) is 6.96. The van der Waals surface area contributed by atoms with Gasteiger partial charge in [0.2, 0.25) is 15.9 Å². The van der Waals surface area contributed by atoms with Crippen LogP contribution in [-0.4, -0.2) is 32.8 Å². The minimum Gasteiger partial charge on any atom is -0.341 e. The number of nitrogens with one attached hydrogen (secondary N) is 1. The van der Waals surface area contributed by atoms with E-state index in [2.05, 4.69) is 4.72 Å². The molecule has 2 aromatic carbocycles. The lowest BCUT2D eigenvalue weighted by atomic mass is 10.1. The lowest BCUT2D eigenvalue weighted by Gasteiger charge is -2.18. The first kappa shape index (κ1) is 22.8. The van der Waals surface area contributed by atoms with Crippen molar-refractivity contribution in [3.8, 4) is 0 Å². The summed E-state index contributed by atoms with van der Waals surface area (Å²) in [5, 5.41) is 0. The summed E-state index contributed by atoms with van der Waals surface area (Å²) in [6.45, 7) is -0.260. The van der Waals surface area contributed by atoms with Crippen LogP contribution in [0.15, 0.2) is 47.4 Å². The van der Waals surface area contributed by atoms with Crippen molar-refractivity contribution < 1.29 is 35.2 Å². The fourth-order valence-corrected chi connectivity index (χ4v) is 3.41. The van der Waals surface area contributed by atoms with Gasteiger partial charge >= 0.3 is 6.18 Å². The minimum atomic E-state index is -4.45. The third-order valence-corrected chi connectivity index (χ3v) is 5.42. The fraction of sp³-hybridized carbons (Fsp3) is 0.278. The number of rotatable bonds is 7. The molecule has 11 heteroatoms. The summed E-state index contributed by atoms with van der Waals surface area (Å²) in [6.07, 6.45) is -4.69. The molecule has 0 spiro atoms. The SMILES string of the molecule is CN(Cc1ccc(C(F)(F)F)cc1)C(=O)CCNS(=O)(=O)c1ccc(F)c(F)c1. The number of halogens is 5. The van der Waals surface area contributed by atoms with Crippen LogP contribution in [0.4, 0.5) is 22.0 Å². The molecule has 0 atom stereocenters. The number of hydrogen-bond acceptors (Lipinski definition) is 3. The second-order valence-corrected chi connectivity index (χ2v) is 7.94. The van der Waals surface area contributed by atoms with E-state index >= 15 is 0 Å². The fourth-order valence-electron chi connectivity index (χ4n) is 2.37. The van der Waals surface area contributed by atoms with Crippen molar-refractivity contribution in [2.24, 2.45) is 0 Å².